The minimum absolute atomic E-state index is 0.0135. The monoisotopic (exact) mass is 277 g/mol. The molecule has 108 valence electrons. The Morgan fingerprint density at radius 1 is 1.60 bits per heavy atom. The van der Waals surface area contributed by atoms with Crippen LogP contribution in [0.1, 0.15) is 18.9 Å². The number of nitrogens with two attached hydrogens (primary N) is 1. The van der Waals surface area contributed by atoms with Gasteiger partial charge in [-0.05, 0) is 18.7 Å². The van der Waals surface area contributed by atoms with Crippen LogP contribution in [-0.2, 0) is 4.79 Å². The van der Waals surface area contributed by atoms with E-state index in [9.17, 15) is 9.90 Å². The van der Waals surface area contributed by atoms with Crippen LogP contribution in [0.2, 0.25) is 0 Å². The van der Waals surface area contributed by atoms with Crippen LogP contribution in [0.25, 0.3) is 0 Å². The van der Waals surface area contributed by atoms with E-state index in [-0.39, 0.29) is 11.9 Å². The Hall–Kier alpha value is -2.08. The third kappa shape index (κ3) is 3.08. The standard InChI is InChI=1S/C14H19N3O3/c1-2-17-8-11(7-12(17)14(18)19)20-10-5-3-4-9(6-10)13(15)16/h3-6,11-12H,2,7-8H2,1H3,(H3,15,16)(H,18,19)/t11-,12+/m1/s1. The molecule has 1 fully saturated rings. The molecule has 1 aliphatic heterocycles. The SMILES string of the molecule is CCN1C[C@H](Oc2cccc(C(=N)N)c2)C[C@H]1C(=O)O. The number of amidine groups is 1. The maximum Gasteiger partial charge on any atom is 0.321 e. The molecule has 1 aromatic carbocycles. The summed E-state index contributed by atoms with van der Waals surface area (Å²) in [5, 5.41) is 16.6. The first kappa shape index (κ1) is 14.3. The van der Waals surface area contributed by atoms with Crippen LogP contribution in [0, 0.1) is 5.41 Å². The summed E-state index contributed by atoms with van der Waals surface area (Å²) in [5.41, 5.74) is 6.04. The first-order valence-corrected chi connectivity index (χ1v) is 6.59. The smallest absolute Gasteiger partial charge is 0.321 e. The summed E-state index contributed by atoms with van der Waals surface area (Å²) in [6.45, 7) is 3.22. The van der Waals surface area contributed by atoms with E-state index in [2.05, 4.69) is 0 Å². The summed E-state index contributed by atoms with van der Waals surface area (Å²) >= 11 is 0. The van der Waals surface area contributed by atoms with Gasteiger partial charge in [-0.25, -0.2) is 0 Å². The minimum atomic E-state index is -0.810. The summed E-state index contributed by atoms with van der Waals surface area (Å²) in [6, 6.07) is 6.51. The normalized spacial score (nSPS) is 22.6. The molecule has 20 heavy (non-hydrogen) atoms. The van der Waals surface area contributed by atoms with Crippen molar-refractivity contribution in [3.05, 3.63) is 29.8 Å². The molecule has 0 radical (unpaired) electrons. The van der Waals surface area contributed by atoms with E-state index in [1.807, 2.05) is 11.8 Å². The second-order valence-corrected chi connectivity index (χ2v) is 4.86. The number of rotatable bonds is 5. The van der Waals surface area contributed by atoms with Gasteiger partial charge in [-0.2, -0.15) is 0 Å². The number of benzene rings is 1. The fraction of sp³-hybridized carbons (Fsp3) is 0.429. The molecule has 0 amide bonds. The topological polar surface area (TPSA) is 99.6 Å². The molecule has 0 spiro atoms. The van der Waals surface area contributed by atoms with Crippen LogP contribution in [0.15, 0.2) is 24.3 Å². The third-order valence-electron chi connectivity index (χ3n) is 3.50. The molecule has 1 saturated heterocycles. The highest BCUT2D eigenvalue weighted by Crippen LogP contribution is 2.23. The zero-order chi connectivity index (χ0) is 14.7. The van der Waals surface area contributed by atoms with E-state index in [1.165, 1.54) is 0 Å². The van der Waals surface area contributed by atoms with Crippen molar-refractivity contribution >= 4 is 11.8 Å². The highest BCUT2D eigenvalue weighted by molar-refractivity contribution is 5.95. The first-order chi connectivity index (χ1) is 9.51. The number of nitrogens with one attached hydrogen (secondary N) is 1. The molecule has 1 aromatic rings. The molecular formula is C14H19N3O3. The van der Waals surface area contributed by atoms with Crippen LogP contribution in [-0.4, -0.2) is 47.0 Å². The van der Waals surface area contributed by atoms with Gasteiger partial charge in [0.2, 0.25) is 0 Å². The Kier molecular flexibility index (Phi) is 4.24. The van der Waals surface area contributed by atoms with Crippen LogP contribution < -0.4 is 10.5 Å². The summed E-state index contributed by atoms with van der Waals surface area (Å²) < 4.78 is 5.82. The van der Waals surface area contributed by atoms with Crippen molar-refractivity contribution in [3.63, 3.8) is 0 Å². The quantitative estimate of drug-likeness (QED) is 0.548. The lowest BCUT2D eigenvalue weighted by molar-refractivity contribution is -0.142. The maximum atomic E-state index is 11.2. The van der Waals surface area contributed by atoms with E-state index >= 15 is 0 Å². The van der Waals surface area contributed by atoms with Crippen LogP contribution in [0.5, 0.6) is 5.75 Å². The molecule has 0 bridgehead atoms. The van der Waals surface area contributed by atoms with Gasteiger partial charge in [0.1, 0.15) is 23.7 Å². The van der Waals surface area contributed by atoms with E-state index in [0.717, 1.165) is 0 Å². The zero-order valence-corrected chi connectivity index (χ0v) is 11.4. The summed E-state index contributed by atoms with van der Waals surface area (Å²) in [7, 11) is 0. The lowest BCUT2D eigenvalue weighted by Crippen LogP contribution is -2.35. The number of ether oxygens (including phenoxy) is 1. The highest BCUT2D eigenvalue weighted by atomic mass is 16.5. The summed E-state index contributed by atoms with van der Waals surface area (Å²) in [5.74, 6) is -0.208. The minimum Gasteiger partial charge on any atom is -0.489 e. The summed E-state index contributed by atoms with van der Waals surface area (Å²) in [6.07, 6.45) is 0.311. The van der Waals surface area contributed by atoms with Gasteiger partial charge in [0, 0.05) is 18.5 Å². The van der Waals surface area contributed by atoms with E-state index in [0.29, 0.717) is 30.8 Å². The maximum absolute atomic E-state index is 11.2. The average molecular weight is 277 g/mol. The molecule has 4 N–H and O–H groups in total. The summed E-state index contributed by atoms with van der Waals surface area (Å²) in [4.78, 5) is 13.1. The van der Waals surface area contributed by atoms with Gasteiger partial charge in [-0.3, -0.25) is 15.1 Å². The molecular weight excluding hydrogens is 258 g/mol. The second kappa shape index (κ2) is 5.92. The van der Waals surface area contributed by atoms with Gasteiger partial charge in [0.05, 0.1) is 0 Å². The lowest BCUT2D eigenvalue weighted by atomic mass is 10.2. The highest BCUT2D eigenvalue weighted by Gasteiger charge is 2.37. The largest absolute Gasteiger partial charge is 0.489 e. The molecule has 2 rings (SSSR count). The van der Waals surface area contributed by atoms with Gasteiger partial charge >= 0.3 is 5.97 Å². The van der Waals surface area contributed by atoms with Gasteiger partial charge in [-0.1, -0.05) is 19.1 Å². The number of hydrogen-bond acceptors (Lipinski definition) is 4. The number of carboxylic acids is 1. The van der Waals surface area contributed by atoms with Crippen molar-refractivity contribution in [1.82, 2.24) is 4.90 Å². The zero-order valence-electron chi connectivity index (χ0n) is 11.4. The fourth-order valence-corrected chi connectivity index (χ4v) is 2.48. The molecule has 6 heteroatoms. The van der Waals surface area contributed by atoms with Crippen molar-refractivity contribution in [2.45, 2.75) is 25.5 Å². The Labute approximate surface area is 117 Å². The van der Waals surface area contributed by atoms with Crippen molar-refractivity contribution in [3.8, 4) is 5.75 Å². The van der Waals surface area contributed by atoms with Gasteiger partial charge in [-0.15, -0.1) is 0 Å². The van der Waals surface area contributed by atoms with E-state index in [1.54, 1.807) is 24.3 Å². The number of likely N-dealkylation sites (tertiary alicyclic amines) is 1. The molecule has 0 saturated carbocycles. The average Bonchev–Trinajstić information content (AvgIpc) is 2.82. The van der Waals surface area contributed by atoms with Crippen molar-refractivity contribution in [1.29, 1.82) is 5.41 Å². The number of likely N-dealkylation sites (N-methyl/N-ethyl adjacent to an activating group) is 1. The van der Waals surface area contributed by atoms with Gasteiger partial charge in [0.15, 0.2) is 0 Å². The Morgan fingerprint density at radius 2 is 2.35 bits per heavy atom. The number of hydrogen-bond donors (Lipinski definition) is 3. The molecule has 0 aliphatic carbocycles. The first-order valence-electron chi connectivity index (χ1n) is 6.59. The molecule has 1 aliphatic rings. The molecule has 0 unspecified atom stereocenters. The number of aliphatic carboxylic acids is 1. The Bertz CT molecular complexity index is 518. The van der Waals surface area contributed by atoms with Gasteiger partial charge in [0.25, 0.3) is 0 Å². The third-order valence-corrected chi connectivity index (χ3v) is 3.50. The predicted octanol–water partition coefficient (Wildman–Crippen LogP) is 0.897. The molecule has 2 atom stereocenters. The van der Waals surface area contributed by atoms with E-state index < -0.39 is 12.0 Å². The number of carboxylic acid groups (broad SMARTS) is 1. The molecule has 6 nitrogen and oxygen atoms in total. The van der Waals surface area contributed by atoms with Crippen LogP contribution in [0.3, 0.4) is 0 Å². The predicted molar refractivity (Wildman–Crippen MR) is 75.2 cm³/mol. The molecule has 1 heterocycles. The van der Waals surface area contributed by atoms with E-state index in [4.69, 9.17) is 15.9 Å². The van der Waals surface area contributed by atoms with Gasteiger partial charge < -0.3 is 15.6 Å². The lowest BCUT2D eigenvalue weighted by Gasteiger charge is -2.17. The number of nitrogen functional groups attached to an aromatic ring is 1. The number of carbonyl (C=O) groups is 1. The van der Waals surface area contributed by atoms with Crippen molar-refractivity contribution in [2.24, 2.45) is 5.73 Å². The van der Waals surface area contributed by atoms with Crippen LogP contribution >= 0.6 is 0 Å². The Morgan fingerprint density at radius 3 is 2.90 bits per heavy atom. The van der Waals surface area contributed by atoms with Crippen LogP contribution in [0.4, 0.5) is 0 Å². The molecule has 0 aromatic heterocycles. The van der Waals surface area contributed by atoms with Crippen molar-refractivity contribution < 1.29 is 14.6 Å². The number of nitrogens with zero attached hydrogens (tertiary/aromatic N) is 1. The Balaban J connectivity index is 2.06. The second-order valence-electron chi connectivity index (χ2n) is 4.86. The van der Waals surface area contributed by atoms with Crippen molar-refractivity contribution in [2.75, 3.05) is 13.1 Å². The fourth-order valence-electron chi connectivity index (χ4n) is 2.48.